The number of carbonyl (C=O) groups excluding carboxylic acids is 1. The van der Waals surface area contributed by atoms with Gasteiger partial charge in [0.1, 0.15) is 0 Å². The lowest BCUT2D eigenvalue weighted by molar-refractivity contribution is 0.0960. The van der Waals surface area contributed by atoms with Gasteiger partial charge in [0.25, 0.3) is 0 Å². The molecule has 1 aliphatic heterocycles. The van der Waals surface area contributed by atoms with Crippen LogP contribution in [0.5, 0.6) is 0 Å². The summed E-state index contributed by atoms with van der Waals surface area (Å²) in [5, 5.41) is 3.30. The lowest BCUT2D eigenvalue weighted by Crippen LogP contribution is -2.44. The maximum Gasteiger partial charge on any atom is 0.164 e. The lowest BCUT2D eigenvalue weighted by atomic mass is 10.1. The Balaban J connectivity index is 1.79. The maximum absolute atomic E-state index is 11.8. The van der Waals surface area contributed by atoms with E-state index in [9.17, 15) is 4.79 Å². The molecule has 1 aliphatic rings. The number of ketones is 1. The molecule has 0 saturated carbocycles. The Hall–Kier alpha value is -1.26. The van der Waals surface area contributed by atoms with Crippen molar-refractivity contribution >= 4 is 5.78 Å². The van der Waals surface area contributed by atoms with E-state index < -0.39 is 0 Å². The van der Waals surface area contributed by atoms with Crippen LogP contribution >= 0.6 is 0 Å². The van der Waals surface area contributed by atoms with E-state index in [4.69, 9.17) is 0 Å². The number of hydrogen-bond acceptors (Lipinski definition) is 4. The molecule has 1 aromatic rings. The van der Waals surface area contributed by atoms with Crippen LogP contribution in [0.4, 0.5) is 0 Å². The average Bonchev–Trinajstić information content (AvgIpc) is 2.38. The fraction of sp³-hybridized carbons (Fsp3) is 0.500. The lowest BCUT2D eigenvalue weighted by Gasteiger charge is -2.26. The number of carbonyl (C=O) groups is 1. The highest BCUT2D eigenvalue weighted by Gasteiger charge is 2.11. The molecule has 0 radical (unpaired) electrons. The predicted molar refractivity (Wildman–Crippen MR) is 62.5 cm³/mol. The maximum atomic E-state index is 11.8. The van der Waals surface area contributed by atoms with Crippen molar-refractivity contribution < 1.29 is 4.79 Å². The fourth-order valence-corrected chi connectivity index (χ4v) is 1.88. The number of pyridine rings is 1. The smallest absolute Gasteiger partial charge is 0.164 e. The van der Waals surface area contributed by atoms with Crippen LogP contribution in [0.1, 0.15) is 16.8 Å². The Morgan fingerprint density at radius 3 is 2.69 bits per heavy atom. The topological polar surface area (TPSA) is 45.2 Å². The van der Waals surface area contributed by atoms with Crippen molar-refractivity contribution in [2.75, 3.05) is 32.7 Å². The molecule has 1 N–H and O–H groups in total. The molecule has 0 atom stereocenters. The summed E-state index contributed by atoms with van der Waals surface area (Å²) in [7, 11) is 0. The van der Waals surface area contributed by atoms with E-state index in [1.165, 1.54) is 0 Å². The summed E-state index contributed by atoms with van der Waals surface area (Å²) in [6.07, 6.45) is 3.93. The Morgan fingerprint density at radius 2 is 2.00 bits per heavy atom. The molecule has 4 nitrogen and oxygen atoms in total. The second-order valence-electron chi connectivity index (χ2n) is 4.00. The number of hydrogen-bond donors (Lipinski definition) is 1. The van der Waals surface area contributed by atoms with Gasteiger partial charge in [0.05, 0.1) is 0 Å². The van der Waals surface area contributed by atoms with Gasteiger partial charge in [0.2, 0.25) is 0 Å². The van der Waals surface area contributed by atoms with Crippen LogP contribution in [0.2, 0.25) is 0 Å². The van der Waals surface area contributed by atoms with E-state index in [0.717, 1.165) is 38.3 Å². The highest BCUT2D eigenvalue weighted by atomic mass is 16.1. The molecule has 2 rings (SSSR count). The first-order valence-electron chi connectivity index (χ1n) is 5.72. The van der Waals surface area contributed by atoms with E-state index >= 15 is 0 Å². The van der Waals surface area contributed by atoms with Gasteiger partial charge in [-0.1, -0.05) is 0 Å². The van der Waals surface area contributed by atoms with Crippen LogP contribution in [0.3, 0.4) is 0 Å². The van der Waals surface area contributed by atoms with Gasteiger partial charge in [-0.2, -0.15) is 0 Å². The fourth-order valence-electron chi connectivity index (χ4n) is 1.88. The minimum Gasteiger partial charge on any atom is -0.314 e. The number of rotatable bonds is 4. The molecule has 1 fully saturated rings. The van der Waals surface area contributed by atoms with Crippen LogP contribution in [0.15, 0.2) is 24.5 Å². The Labute approximate surface area is 95.7 Å². The molecule has 0 aliphatic carbocycles. The van der Waals surface area contributed by atoms with Crippen LogP contribution < -0.4 is 5.32 Å². The van der Waals surface area contributed by atoms with E-state index in [0.29, 0.717) is 6.42 Å². The van der Waals surface area contributed by atoms with Crippen molar-refractivity contribution in [2.24, 2.45) is 0 Å². The third kappa shape index (κ3) is 3.12. The highest BCUT2D eigenvalue weighted by molar-refractivity contribution is 5.95. The number of nitrogens with zero attached hydrogens (tertiary/aromatic N) is 2. The van der Waals surface area contributed by atoms with E-state index in [1.54, 1.807) is 24.5 Å². The quantitative estimate of drug-likeness (QED) is 0.752. The van der Waals surface area contributed by atoms with Crippen molar-refractivity contribution in [1.82, 2.24) is 15.2 Å². The minimum absolute atomic E-state index is 0.209. The molecule has 4 heteroatoms. The standard InChI is InChI=1S/C12H17N3O/c16-12(11-1-4-13-5-2-11)3-8-15-9-6-14-7-10-15/h1-2,4-5,14H,3,6-10H2. The molecule has 0 bridgehead atoms. The largest absolute Gasteiger partial charge is 0.314 e. The molecule has 0 aromatic carbocycles. The second-order valence-corrected chi connectivity index (χ2v) is 4.00. The molecule has 86 valence electrons. The van der Waals surface area contributed by atoms with Gasteiger partial charge in [0.15, 0.2) is 5.78 Å². The van der Waals surface area contributed by atoms with Crippen LogP contribution in [-0.2, 0) is 0 Å². The first-order valence-corrected chi connectivity index (χ1v) is 5.72. The molecular formula is C12H17N3O. The Kier molecular flexibility index (Phi) is 4.02. The minimum atomic E-state index is 0.209. The summed E-state index contributed by atoms with van der Waals surface area (Å²) in [6.45, 7) is 5.02. The molecule has 0 spiro atoms. The highest BCUT2D eigenvalue weighted by Crippen LogP contribution is 2.03. The van der Waals surface area contributed by atoms with Crippen LogP contribution in [-0.4, -0.2) is 48.4 Å². The molecule has 1 saturated heterocycles. The van der Waals surface area contributed by atoms with Gasteiger partial charge < -0.3 is 10.2 Å². The third-order valence-corrected chi connectivity index (χ3v) is 2.87. The van der Waals surface area contributed by atoms with Gasteiger partial charge in [-0.05, 0) is 12.1 Å². The van der Waals surface area contributed by atoms with Crippen molar-refractivity contribution in [1.29, 1.82) is 0 Å². The molecule has 0 unspecified atom stereocenters. The first-order chi connectivity index (χ1) is 7.86. The summed E-state index contributed by atoms with van der Waals surface area (Å²) >= 11 is 0. The van der Waals surface area contributed by atoms with Gasteiger partial charge >= 0.3 is 0 Å². The number of nitrogens with one attached hydrogen (secondary N) is 1. The van der Waals surface area contributed by atoms with Gasteiger partial charge in [0, 0.05) is 57.1 Å². The molecule has 1 aromatic heterocycles. The third-order valence-electron chi connectivity index (χ3n) is 2.87. The molecule has 16 heavy (non-hydrogen) atoms. The monoisotopic (exact) mass is 219 g/mol. The van der Waals surface area contributed by atoms with Crippen molar-refractivity contribution in [3.05, 3.63) is 30.1 Å². The molecule has 2 heterocycles. The van der Waals surface area contributed by atoms with Crippen molar-refractivity contribution in [2.45, 2.75) is 6.42 Å². The van der Waals surface area contributed by atoms with E-state index in [-0.39, 0.29) is 5.78 Å². The molecular weight excluding hydrogens is 202 g/mol. The predicted octanol–water partition coefficient (Wildman–Crippen LogP) is 0.560. The summed E-state index contributed by atoms with van der Waals surface area (Å²) in [5.41, 5.74) is 0.769. The average molecular weight is 219 g/mol. The van der Waals surface area contributed by atoms with Gasteiger partial charge in [-0.15, -0.1) is 0 Å². The SMILES string of the molecule is O=C(CCN1CCNCC1)c1ccncc1. The van der Waals surface area contributed by atoms with Gasteiger partial charge in [-0.3, -0.25) is 9.78 Å². The van der Waals surface area contributed by atoms with E-state index in [1.807, 2.05) is 0 Å². The first kappa shape index (κ1) is 11.2. The van der Waals surface area contributed by atoms with Crippen LogP contribution in [0.25, 0.3) is 0 Å². The van der Waals surface area contributed by atoms with Gasteiger partial charge in [-0.25, -0.2) is 0 Å². The Morgan fingerprint density at radius 1 is 1.31 bits per heavy atom. The normalized spacial score (nSPS) is 17.2. The zero-order chi connectivity index (χ0) is 11.2. The van der Waals surface area contributed by atoms with E-state index in [2.05, 4.69) is 15.2 Å². The number of Topliss-reactive ketones (excluding diaryl/α,β-unsaturated/α-hetero) is 1. The summed E-state index contributed by atoms with van der Waals surface area (Å²) in [5.74, 6) is 0.209. The zero-order valence-electron chi connectivity index (χ0n) is 9.35. The second kappa shape index (κ2) is 5.72. The zero-order valence-corrected chi connectivity index (χ0v) is 9.35. The number of piperazine rings is 1. The number of aromatic nitrogens is 1. The summed E-state index contributed by atoms with van der Waals surface area (Å²) < 4.78 is 0. The Bertz CT molecular complexity index is 333. The summed E-state index contributed by atoms with van der Waals surface area (Å²) in [4.78, 5) is 18.1. The summed E-state index contributed by atoms with van der Waals surface area (Å²) in [6, 6.07) is 3.56. The van der Waals surface area contributed by atoms with Crippen LogP contribution in [0, 0.1) is 0 Å². The molecule has 0 amide bonds. The van der Waals surface area contributed by atoms with Crippen molar-refractivity contribution in [3.8, 4) is 0 Å². The van der Waals surface area contributed by atoms with Crippen molar-refractivity contribution in [3.63, 3.8) is 0 Å².